The normalized spacial score (nSPS) is 9.94. The molecule has 0 unspecified atom stereocenters. The number of ether oxygens (including phenoxy) is 1. The van der Waals surface area contributed by atoms with Gasteiger partial charge in [0, 0.05) is 18.7 Å². The minimum atomic E-state index is -0.522. The third-order valence-electron chi connectivity index (χ3n) is 2.41. The van der Waals surface area contributed by atoms with E-state index in [1.54, 1.807) is 4.90 Å². The summed E-state index contributed by atoms with van der Waals surface area (Å²) in [6, 6.07) is 4.13. The van der Waals surface area contributed by atoms with E-state index in [-0.39, 0.29) is 17.3 Å². The summed E-state index contributed by atoms with van der Waals surface area (Å²) < 4.78 is 4.57. The highest BCUT2D eigenvalue weighted by atomic mass is 35.5. The second-order valence-corrected chi connectivity index (χ2v) is 3.89. The molecule has 0 saturated heterocycles. The van der Waals surface area contributed by atoms with Crippen molar-refractivity contribution in [1.29, 1.82) is 0 Å². The molecule has 6 nitrogen and oxygen atoms in total. The van der Waals surface area contributed by atoms with Gasteiger partial charge in [-0.25, -0.2) is 0 Å². The van der Waals surface area contributed by atoms with Gasteiger partial charge in [-0.1, -0.05) is 11.6 Å². The van der Waals surface area contributed by atoms with Crippen LogP contribution in [0.3, 0.4) is 0 Å². The zero-order valence-corrected chi connectivity index (χ0v) is 10.8. The van der Waals surface area contributed by atoms with Gasteiger partial charge in [-0.05, 0) is 13.0 Å². The number of halogens is 1. The van der Waals surface area contributed by atoms with Crippen LogP contribution in [0.5, 0.6) is 0 Å². The first-order valence-corrected chi connectivity index (χ1v) is 5.63. The Morgan fingerprint density at radius 2 is 2.22 bits per heavy atom. The summed E-state index contributed by atoms with van der Waals surface area (Å²) in [5.74, 6) is -0.397. The number of nitro groups is 1. The standard InChI is InChI=1S/C11H13ClN2O4/c1-3-13(7-11(15)18-2)10-5-4-8(14(16)17)6-9(10)12/h4-6H,3,7H2,1-2H3. The smallest absolute Gasteiger partial charge is 0.325 e. The number of anilines is 1. The van der Waals surface area contributed by atoms with E-state index >= 15 is 0 Å². The van der Waals surface area contributed by atoms with Crippen LogP contribution >= 0.6 is 11.6 Å². The third-order valence-corrected chi connectivity index (χ3v) is 2.71. The molecule has 0 spiro atoms. The van der Waals surface area contributed by atoms with Crippen LogP contribution in [0.15, 0.2) is 18.2 Å². The lowest BCUT2D eigenvalue weighted by atomic mass is 10.2. The molecule has 98 valence electrons. The summed E-state index contributed by atoms with van der Waals surface area (Å²) in [6.07, 6.45) is 0. The minimum absolute atomic E-state index is 0.0462. The average molecular weight is 273 g/mol. The second kappa shape index (κ2) is 6.20. The largest absolute Gasteiger partial charge is 0.468 e. The molecule has 7 heteroatoms. The van der Waals surface area contributed by atoms with Crippen LogP contribution in [0.2, 0.25) is 5.02 Å². The molecule has 0 N–H and O–H groups in total. The van der Waals surface area contributed by atoms with Crippen LogP contribution in [0.25, 0.3) is 0 Å². The van der Waals surface area contributed by atoms with Crippen LogP contribution in [-0.2, 0) is 9.53 Å². The lowest BCUT2D eigenvalue weighted by Gasteiger charge is -2.22. The second-order valence-electron chi connectivity index (χ2n) is 3.48. The van der Waals surface area contributed by atoms with E-state index in [9.17, 15) is 14.9 Å². The van der Waals surface area contributed by atoms with Gasteiger partial charge < -0.3 is 9.64 Å². The van der Waals surface area contributed by atoms with Gasteiger partial charge in [-0.15, -0.1) is 0 Å². The van der Waals surface area contributed by atoms with Gasteiger partial charge in [0.15, 0.2) is 0 Å². The predicted molar refractivity (Wildman–Crippen MR) is 68.0 cm³/mol. The van der Waals surface area contributed by atoms with Crippen molar-refractivity contribution in [2.75, 3.05) is 25.1 Å². The van der Waals surface area contributed by atoms with E-state index in [4.69, 9.17) is 11.6 Å². The summed E-state index contributed by atoms with van der Waals surface area (Å²) in [6.45, 7) is 2.43. The predicted octanol–water partition coefficient (Wildman–Crippen LogP) is 2.25. The molecular formula is C11H13ClN2O4. The molecule has 1 aromatic carbocycles. The zero-order valence-electron chi connectivity index (χ0n) is 10.1. The molecule has 1 rings (SSSR count). The Hall–Kier alpha value is -1.82. The van der Waals surface area contributed by atoms with Gasteiger partial charge in [0.05, 0.1) is 22.7 Å². The molecule has 0 fully saturated rings. The first-order valence-electron chi connectivity index (χ1n) is 5.25. The molecule has 1 aromatic rings. The summed E-state index contributed by atoms with van der Waals surface area (Å²) in [5, 5.41) is 10.8. The Morgan fingerprint density at radius 1 is 1.56 bits per heavy atom. The van der Waals surface area contributed by atoms with Crippen molar-refractivity contribution >= 4 is 28.9 Å². The maximum Gasteiger partial charge on any atom is 0.325 e. The van der Waals surface area contributed by atoms with Crippen molar-refractivity contribution in [1.82, 2.24) is 0 Å². The molecule has 0 atom stereocenters. The first-order chi connectivity index (χ1) is 8.49. The fourth-order valence-electron chi connectivity index (χ4n) is 1.45. The molecule has 0 heterocycles. The van der Waals surface area contributed by atoms with Gasteiger partial charge in [-0.2, -0.15) is 0 Å². The van der Waals surface area contributed by atoms with Crippen LogP contribution in [-0.4, -0.2) is 31.1 Å². The Kier molecular flexibility index (Phi) is 4.91. The maximum atomic E-state index is 11.2. The summed E-state index contributed by atoms with van der Waals surface area (Å²) in [5.41, 5.74) is 0.480. The molecule has 0 amide bonds. The lowest BCUT2D eigenvalue weighted by molar-refractivity contribution is -0.384. The molecule has 0 aliphatic carbocycles. The summed E-state index contributed by atoms with van der Waals surface area (Å²) in [7, 11) is 1.30. The Morgan fingerprint density at radius 3 is 2.67 bits per heavy atom. The van der Waals surface area contributed by atoms with Gasteiger partial charge in [0.1, 0.15) is 6.54 Å². The van der Waals surface area contributed by atoms with E-state index in [0.717, 1.165) is 0 Å². The van der Waals surface area contributed by atoms with Gasteiger partial charge >= 0.3 is 5.97 Å². The molecule has 0 aliphatic heterocycles. The lowest BCUT2D eigenvalue weighted by Crippen LogP contribution is -2.30. The number of nitro benzene ring substituents is 1. The van der Waals surface area contributed by atoms with E-state index in [0.29, 0.717) is 12.2 Å². The van der Waals surface area contributed by atoms with E-state index in [2.05, 4.69) is 4.74 Å². The SMILES string of the molecule is CCN(CC(=O)OC)c1ccc([N+](=O)[O-])cc1Cl. The van der Waals surface area contributed by atoms with Gasteiger partial charge in [0.25, 0.3) is 5.69 Å². The highest BCUT2D eigenvalue weighted by molar-refractivity contribution is 6.33. The quantitative estimate of drug-likeness (QED) is 0.467. The zero-order chi connectivity index (χ0) is 13.7. The number of likely N-dealkylation sites (N-methyl/N-ethyl adjacent to an activating group) is 1. The minimum Gasteiger partial charge on any atom is -0.468 e. The van der Waals surface area contributed by atoms with E-state index in [1.807, 2.05) is 6.92 Å². The van der Waals surface area contributed by atoms with Crippen molar-refractivity contribution < 1.29 is 14.5 Å². The summed E-state index contributed by atoms with van der Waals surface area (Å²) >= 11 is 5.98. The highest BCUT2D eigenvalue weighted by Crippen LogP contribution is 2.29. The monoisotopic (exact) mass is 272 g/mol. The number of nitrogens with zero attached hydrogens (tertiary/aromatic N) is 2. The van der Waals surface area contributed by atoms with Crippen molar-refractivity contribution in [2.24, 2.45) is 0 Å². The van der Waals surface area contributed by atoms with Crippen LogP contribution in [0, 0.1) is 10.1 Å². The Balaban J connectivity index is 3.00. The van der Waals surface area contributed by atoms with Crippen molar-refractivity contribution in [3.8, 4) is 0 Å². The number of methoxy groups -OCH3 is 1. The molecular weight excluding hydrogens is 260 g/mol. The topological polar surface area (TPSA) is 72.7 Å². The van der Waals surface area contributed by atoms with Gasteiger partial charge in [-0.3, -0.25) is 14.9 Å². The van der Waals surface area contributed by atoms with Gasteiger partial charge in [0.2, 0.25) is 0 Å². The fourth-order valence-corrected chi connectivity index (χ4v) is 1.75. The van der Waals surface area contributed by atoms with Crippen molar-refractivity contribution in [2.45, 2.75) is 6.92 Å². The number of carbonyl (C=O) groups excluding carboxylic acids is 1. The number of rotatable bonds is 5. The number of benzene rings is 1. The number of hydrogen-bond donors (Lipinski definition) is 0. The first kappa shape index (κ1) is 14.2. The van der Waals surface area contributed by atoms with Crippen LogP contribution in [0.4, 0.5) is 11.4 Å². The fraction of sp³-hybridized carbons (Fsp3) is 0.364. The van der Waals surface area contributed by atoms with E-state index < -0.39 is 10.9 Å². The molecule has 0 bridgehead atoms. The van der Waals surface area contributed by atoms with Crippen LogP contribution in [0.1, 0.15) is 6.92 Å². The number of non-ortho nitro benzene ring substituents is 1. The molecule has 0 saturated carbocycles. The Bertz CT molecular complexity index is 464. The van der Waals surface area contributed by atoms with E-state index in [1.165, 1.54) is 25.3 Å². The Labute approximate surface area is 109 Å². The van der Waals surface area contributed by atoms with Crippen molar-refractivity contribution in [3.05, 3.63) is 33.3 Å². The third kappa shape index (κ3) is 3.33. The maximum absolute atomic E-state index is 11.2. The average Bonchev–Trinajstić information content (AvgIpc) is 2.35. The molecule has 0 radical (unpaired) electrons. The van der Waals surface area contributed by atoms with Crippen molar-refractivity contribution in [3.63, 3.8) is 0 Å². The highest BCUT2D eigenvalue weighted by Gasteiger charge is 2.16. The number of hydrogen-bond acceptors (Lipinski definition) is 5. The number of carbonyl (C=O) groups is 1. The molecule has 0 aliphatic rings. The summed E-state index contributed by atoms with van der Waals surface area (Å²) in [4.78, 5) is 23.0. The molecule has 0 aromatic heterocycles. The number of esters is 1. The van der Waals surface area contributed by atoms with Crippen LogP contribution < -0.4 is 4.90 Å². The molecule has 18 heavy (non-hydrogen) atoms.